The quantitative estimate of drug-likeness (QED) is 0.612. The summed E-state index contributed by atoms with van der Waals surface area (Å²) in [4.78, 5) is 14.5. The molecule has 1 unspecified atom stereocenters. The molecule has 1 atom stereocenters. The summed E-state index contributed by atoms with van der Waals surface area (Å²) >= 11 is 1.39. The highest BCUT2D eigenvalue weighted by molar-refractivity contribution is 7.99. The molecule has 1 amide bonds. The van der Waals surface area contributed by atoms with Crippen LogP contribution in [-0.2, 0) is 11.3 Å². The number of anilines is 1. The van der Waals surface area contributed by atoms with E-state index in [1.54, 1.807) is 24.3 Å². The lowest BCUT2D eigenvalue weighted by Gasteiger charge is -2.23. The maximum Gasteiger partial charge on any atom is 0.234 e. The van der Waals surface area contributed by atoms with Crippen molar-refractivity contribution in [3.8, 4) is 6.07 Å². The highest BCUT2D eigenvalue weighted by atomic mass is 32.2. The SMILES string of the molecule is CCCCn1c(SCC(=O)Nc2cccc(C#N)c2)nnc1C(CC)N(C)C. The fourth-order valence-corrected chi connectivity index (χ4v) is 3.72. The Morgan fingerprint density at radius 2 is 2.14 bits per heavy atom. The van der Waals surface area contributed by atoms with Gasteiger partial charge in [0, 0.05) is 12.2 Å². The van der Waals surface area contributed by atoms with Crippen LogP contribution < -0.4 is 5.32 Å². The molecule has 0 aliphatic rings. The summed E-state index contributed by atoms with van der Waals surface area (Å²) in [7, 11) is 4.09. The Morgan fingerprint density at radius 1 is 1.36 bits per heavy atom. The van der Waals surface area contributed by atoms with Gasteiger partial charge in [0.2, 0.25) is 5.91 Å². The van der Waals surface area contributed by atoms with Crippen LogP contribution >= 0.6 is 11.8 Å². The van der Waals surface area contributed by atoms with Crippen LogP contribution in [0.1, 0.15) is 50.5 Å². The van der Waals surface area contributed by atoms with E-state index in [1.807, 2.05) is 14.1 Å². The van der Waals surface area contributed by atoms with E-state index in [-0.39, 0.29) is 17.7 Å². The lowest BCUT2D eigenvalue weighted by Crippen LogP contribution is -2.23. The van der Waals surface area contributed by atoms with Gasteiger partial charge in [0.15, 0.2) is 11.0 Å². The maximum atomic E-state index is 12.3. The first-order chi connectivity index (χ1) is 13.5. The summed E-state index contributed by atoms with van der Waals surface area (Å²) in [6, 6.07) is 9.16. The van der Waals surface area contributed by atoms with Gasteiger partial charge in [-0.2, -0.15) is 5.26 Å². The van der Waals surface area contributed by atoms with Crippen LogP contribution in [-0.4, -0.2) is 45.4 Å². The number of benzene rings is 1. The molecule has 2 aromatic rings. The van der Waals surface area contributed by atoms with Gasteiger partial charge in [-0.1, -0.05) is 38.1 Å². The van der Waals surface area contributed by atoms with Crippen LogP contribution in [0, 0.1) is 11.3 Å². The van der Waals surface area contributed by atoms with Crippen LogP contribution in [0.25, 0.3) is 0 Å². The summed E-state index contributed by atoms with van der Waals surface area (Å²) in [5.74, 6) is 1.05. The minimum absolute atomic E-state index is 0.133. The number of nitrogens with one attached hydrogen (secondary N) is 1. The number of hydrogen-bond acceptors (Lipinski definition) is 6. The van der Waals surface area contributed by atoms with Gasteiger partial charge in [0.25, 0.3) is 0 Å². The molecule has 8 heteroatoms. The Hall–Kier alpha value is -2.37. The number of nitrogens with zero attached hydrogens (tertiary/aromatic N) is 5. The van der Waals surface area contributed by atoms with E-state index in [2.05, 4.69) is 44.9 Å². The second-order valence-electron chi connectivity index (χ2n) is 6.76. The zero-order valence-electron chi connectivity index (χ0n) is 17.0. The molecule has 0 radical (unpaired) electrons. The van der Waals surface area contributed by atoms with Gasteiger partial charge in [-0.15, -0.1) is 10.2 Å². The number of aromatic nitrogens is 3. The van der Waals surface area contributed by atoms with E-state index in [1.165, 1.54) is 11.8 Å². The predicted molar refractivity (Wildman–Crippen MR) is 112 cm³/mol. The standard InChI is InChI=1S/C20H28N6OS/c1-5-7-11-26-19(17(6-2)25(3)4)23-24-20(26)28-14-18(27)22-16-10-8-9-15(12-16)13-21/h8-10,12,17H,5-7,11,14H2,1-4H3,(H,22,27). The third-order valence-electron chi connectivity index (χ3n) is 4.40. The van der Waals surface area contributed by atoms with E-state index >= 15 is 0 Å². The molecule has 0 spiro atoms. The molecule has 1 heterocycles. The van der Waals surface area contributed by atoms with Crippen LogP contribution in [0.2, 0.25) is 0 Å². The fraction of sp³-hybridized carbons (Fsp3) is 0.500. The van der Waals surface area contributed by atoms with Crippen LogP contribution in [0.3, 0.4) is 0 Å². The topological polar surface area (TPSA) is 86.8 Å². The number of carbonyl (C=O) groups is 1. The third-order valence-corrected chi connectivity index (χ3v) is 5.36. The Balaban J connectivity index is 2.08. The number of hydrogen-bond donors (Lipinski definition) is 1. The van der Waals surface area contributed by atoms with Gasteiger partial charge in [-0.05, 0) is 45.1 Å². The summed E-state index contributed by atoms with van der Waals surface area (Å²) in [5.41, 5.74) is 1.14. The number of rotatable bonds is 10. The van der Waals surface area contributed by atoms with Gasteiger partial charge in [0.05, 0.1) is 23.4 Å². The van der Waals surface area contributed by atoms with Crippen molar-refractivity contribution in [3.05, 3.63) is 35.7 Å². The number of thioether (sulfide) groups is 1. The molecule has 0 saturated carbocycles. The summed E-state index contributed by atoms with van der Waals surface area (Å²) in [6.07, 6.45) is 3.06. The van der Waals surface area contributed by atoms with Crippen molar-refractivity contribution < 1.29 is 4.79 Å². The van der Waals surface area contributed by atoms with Crippen molar-refractivity contribution in [2.75, 3.05) is 25.2 Å². The minimum Gasteiger partial charge on any atom is -0.325 e. The Labute approximate surface area is 171 Å². The van der Waals surface area contributed by atoms with Crippen molar-refractivity contribution >= 4 is 23.4 Å². The van der Waals surface area contributed by atoms with Gasteiger partial charge in [0.1, 0.15) is 0 Å². The second-order valence-corrected chi connectivity index (χ2v) is 7.71. The summed E-state index contributed by atoms with van der Waals surface area (Å²) in [5, 5.41) is 21.3. The molecule has 0 aliphatic carbocycles. The first kappa shape index (κ1) is 21.9. The first-order valence-electron chi connectivity index (χ1n) is 9.52. The van der Waals surface area contributed by atoms with E-state index in [9.17, 15) is 4.79 Å². The highest BCUT2D eigenvalue weighted by Gasteiger charge is 2.22. The van der Waals surface area contributed by atoms with E-state index < -0.39 is 0 Å². The molecule has 0 aliphatic heterocycles. The largest absolute Gasteiger partial charge is 0.325 e. The smallest absolute Gasteiger partial charge is 0.234 e. The normalized spacial score (nSPS) is 12.0. The van der Waals surface area contributed by atoms with E-state index in [0.717, 1.165) is 36.8 Å². The van der Waals surface area contributed by atoms with Crippen molar-refractivity contribution in [3.63, 3.8) is 0 Å². The summed E-state index contributed by atoms with van der Waals surface area (Å²) in [6.45, 7) is 5.14. The maximum absolute atomic E-state index is 12.3. The fourth-order valence-electron chi connectivity index (χ4n) is 2.95. The zero-order valence-corrected chi connectivity index (χ0v) is 17.8. The van der Waals surface area contributed by atoms with Crippen LogP contribution in [0.5, 0.6) is 0 Å². The molecular weight excluding hydrogens is 372 g/mol. The van der Waals surface area contributed by atoms with Gasteiger partial charge in [-0.25, -0.2) is 0 Å². The minimum atomic E-state index is -0.133. The molecule has 1 aromatic carbocycles. The molecule has 1 N–H and O–H groups in total. The van der Waals surface area contributed by atoms with Gasteiger partial charge < -0.3 is 9.88 Å². The molecule has 2 rings (SSSR count). The molecular formula is C20H28N6OS. The Morgan fingerprint density at radius 3 is 2.79 bits per heavy atom. The average Bonchev–Trinajstić information content (AvgIpc) is 3.07. The first-order valence-corrected chi connectivity index (χ1v) is 10.5. The lowest BCUT2D eigenvalue weighted by molar-refractivity contribution is -0.113. The molecule has 150 valence electrons. The monoisotopic (exact) mass is 400 g/mol. The lowest BCUT2D eigenvalue weighted by atomic mass is 10.2. The number of nitriles is 1. The molecule has 1 aromatic heterocycles. The van der Waals surface area contributed by atoms with Crippen LogP contribution in [0.4, 0.5) is 5.69 Å². The number of amides is 1. The predicted octanol–water partition coefficient (Wildman–Crippen LogP) is 3.69. The van der Waals surface area contributed by atoms with Gasteiger partial charge >= 0.3 is 0 Å². The van der Waals surface area contributed by atoms with Crippen molar-refractivity contribution in [1.82, 2.24) is 19.7 Å². The molecule has 7 nitrogen and oxygen atoms in total. The molecule has 0 fully saturated rings. The van der Waals surface area contributed by atoms with Crippen molar-refractivity contribution in [2.24, 2.45) is 0 Å². The molecule has 28 heavy (non-hydrogen) atoms. The third kappa shape index (κ3) is 5.81. The zero-order chi connectivity index (χ0) is 20.5. The molecule has 0 saturated heterocycles. The summed E-state index contributed by atoms with van der Waals surface area (Å²) < 4.78 is 2.14. The number of unbranched alkanes of at least 4 members (excludes halogenated alkanes) is 1. The Bertz CT molecular complexity index is 826. The molecule has 0 bridgehead atoms. The van der Waals surface area contributed by atoms with E-state index in [0.29, 0.717) is 11.3 Å². The van der Waals surface area contributed by atoms with Crippen LogP contribution in [0.15, 0.2) is 29.4 Å². The second kappa shape index (κ2) is 10.8. The highest BCUT2D eigenvalue weighted by Crippen LogP contribution is 2.25. The number of carbonyl (C=O) groups excluding carboxylic acids is 1. The van der Waals surface area contributed by atoms with Gasteiger partial charge in [-0.3, -0.25) is 9.69 Å². The van der Waals surface area contributed by atoms with Crippen molar-refractivity contribution in [2.45, 2.75) is 50.9 Å². The average molecular weight is 401 g/mol. The van der Waals surface area contributed by atoms with Crippen molar-refractivity contribution in [1.29, 1.82) is 5.26 Å². The Kier molecular flexibility index (Phi) is 8.48. The van der Waals surface area contributed by atoms with E-state index in [4.69, 9.17) is 5.26 Å².